The molecule has 0 aliphatic carbocycles. The van der Waals surface area contributed by atoms with Crippen molar-refractivity contribution in [3.63, 3.8) is 0 Å². The highest BCUT2D eigenvalue weighted by Crippen LogP contribution is 2.23. The largest absolute Gasteiger partial charge is 0.384 e. The normalized spacial score (nSPS) is 12.2. The van der Waals surface area contributed by atoms with Crippen LogP contribution in [0, 0.1) is 16.0 Å². The van der Waals surface area contributed by atoms with E-state index in [0.29, 0.717) is 24.9 Å². The van der Waals surface area contributed by atoms with E-state index < -0.39 is 4.92 Å². The number of nitrogens with one attached hydrogen (secondary N) is 1. The summed E-state index contributed by atoms with van der Waals surface area (Å²) < 4.78 is 4.99. The molecule has 6 nitrogen and oxygen atoms in total. The number of pyridine rings is 1. The Labute approximate surface area is 104 Å². The van der Waals surface area contributed by atoms with Gasteiger partial charge in [-0.15, -0.1) is 0 Å². The molecule has 0 bridgehead atoms. The summed E-state index contributed by atoms with van der Waals surface area (Å²) in [5, 5.41) is 13.7. The molecule has 94 valence electrons. The fourth-order valence-electron chi connectivity index (χ4n) is 1.27. The van der Waals surface area contributed by atoms with Crippen LogP contribution in [0.4, 0.5) is 11.5 Å². The average Bonchev–Trinajstić information content (AvgIpc) is 2.27. The maximum atomic E-state index is 10.5. The van der Waals surface area contributed by atoms with E-state index in [4.69, 9.17) is 16.3 Å². The van der Waals surface area contributed by atoms with Crippen molar-refractivity contribution in [3.05, 3.63) is 27.4 Å². The first-order valence-electron chi connectivity index (χ1n) is 5.07. The highest BCUT2D eigenvalue weighted by atomic mass is 35.5. The van der Waals surface area contributed by atoms with Crippen LogP contribution in [0.25, 0.3) is 0 Å². The molecule has 1 unspecified atom stereocenters. The SMILES string of the molecule is COCC(C)CNc1ncc([N+](=O)[O-])cc1Cl. The fraction of sp³-hybridized carbons (Fsp3) is 0.500. The highest BCUT2D eigenvalue weighted by Gasteiger charge is 2.11. The molecule has 0 aliphatic rings. The molecule has 0 amide bonds. The number of halogens is 1. The summed E-state index contributed by atoms with van der Waals surface area (Å²) >= 11 is 5.87. The molecule has 7 heteroatoms. The maximum absolute atomic E-state index is 10.5. The van der Waals surface area contributed by atoms with Crippen LogP contribution >= 0.6 is 11.6 Å². The van der Waals surface area contributed by atoms with E-state index in [1.54, 1.807) is 7.11 Å². The van der Waals surface area contributed by atoms with Crippen molar-refractivity contribution in [2.24, 2.45) is 5.92 Å². The van der Waals surface area contributed by atoms with E-state index in [0.717, 1.165) is 0 Å². The van der Waals surface area contributed by atoms with Crippen molar-refractivity contribution in [1.29, 1.82) is 0 Å². The molecule has 17 heavy (non-hydrogen) atoms. The molecule has 0 aromatic carbocycles. The van der Waals surface area contributed by atoms with Gasteiger partial charge in [0.05, 0.1) is 16.6 Å². The van der Waals surface area contributed by atoms with Crippen molar-refractivity contribution in [2.45, 2.75) is 6.92 Å². The Bertz CT molecular complexity index is 400. The van der Waals surface area contributed by atoms with Crippen molar-refractivity contribution >= 4 is 23.1 Å². The van der Waals surface area contributed by atoms with Gasteiger partial charge in [-0.1, -0.05) is 18.5 Å². The number of nitrogens with zero attached hydrogens (tertiary/aromatic N) is 2. The Kier molecular flexibility index (Phi) is 5.11. The van der Waals surface area contributed by atoms with E-state index >= 15 is 0 Å². The predicted molar refractivity (Wildman–Crippen MR) is 65.4 cm³/mol. The number of hydrogen-bond acceptors (Lipinski definition) is 5. The lowest BCUT2D eigenvalue weighted by Crippen LogP contribution is -2.16. The average molecular weight is 260 g/mol. The number of hydrogen-bond donors (Lipinski definition) is 1. The van der Waals surface area contributed by atoms with Gasteiger partial charge in [-0.05, 0) is 5.92 Å². The van der Waals surface area contributed by atoms with Crippen LogP contribution in [-0.4, -0.2) is 30.2 Å². The smallest absolute Gasteiger partial charge is 0.289 e. The first-order chi connectivity index (χ1) is 8.04. The first kappa shape index (κ1) is 13.7. The molecular formula is C10H14ClN3O3. The van der Waals surface area contributed by atoms with Gasteiger partial charge in [0.15, 0.2) is 0 Å². The van der Waals surface area contributed by atoms with Gasteiger partial charge in [-0.25, -0.2) is 4.98 Å². The second kappa shape index (κ2) is 6.36. The molecule has 0 saturated carbocycles. The first-order valence-corrected chi connectivity index (χ1v) is 5.45. The third kappa shape index (κ3) is 4.16. The maximum Gasteiger partial charge on any atom is 0.289 e. The predicted octanol–water partition coefficient (Wildman–Crippen LogP) is 2.34. The van der Waals surface area contributed by atoms with E-state index in [-0.39, 0.29) is 10.7 Å². The zero-order chi connectivity index (χ0) is 12.8. The molecule has 0 aliphatic heterocycles. The fourth-order valence-corrected chi connectivity index (χ4v) is 1.50. The summed E-state index contributed by atoms with van der Waals surface area (Å²) in [7, 11) is 1.63. The van der Waals surface area contributed by atoms with Gasteiger partial charge in [0.25, 0.3) is 5.69 Å². The standard InChI is InChI=1S/C10H14ClN3O3/c1-7(6-17-2)4-12-10-9(11)3-8(5-13-10)14(15)16/h3,5,7H,4,6H2,1-2H3,(H,12,13). The van der Waals surface area contributed by atoms with Crippen LogP contribution in [0.5, 0.6) is 0 Å². The summed E-state index contributed by atoms with van der Waals surface area (Å²) in [6, 6.07) is 1.28. The van der Waals surface area contributed by atoms with Crippen LogP contribution in [0.3, 0.4) is 0 Å². The second-order valence-electron chi connectivity index (χ2n) is 3.72. The number of nitro groups is 1. The molecule has 1 atom stereocenters. The molecule has 1 heterocycles. The van der Waals surface area contributed by atoms with Crippen LogP contribution in [0.2, 0.25) is 5.02 Å². The van der Waals surface area contributed by atoms with E-state index in [1.165, 1.54) is 12.3 Å². The van der Waals surface area contributed by atoms with Crippen LogP contribution in [-0.2, 0) is 4.74 Å². The van der Waals surface area contributed by atoms with Crippen LogP contribution < -0.4 is 5.32 Å². The minimum absolute atomic E-state index is 0.120. The van der Waals surface area contributed by atoms with Crippen molar-refractivity contribution < 1.29 is 9.66 Å². The minimum Gasteiger partial charge on any atom is -0.384 e. The molecule has 1 N–H and O–H groups in total. The number of rotatable bonds is 6. The highest BCUT2D eigenvalue weighted by molar-refractivity contribution is 6.33. The molecule has 0 fully saturated rings. The number of aromatic nitrogens is 1. The van der Waals surface area contributed by atoms with Gasteiger partial charge in [0.2, 0.25) is 0 Å². The molecule has 1 aromatic heterocycles. The summed E-state index contributed by atoms with van der Waals surface area (Å²) in [5.74, 6) is 0.744. The Balaban J connectivity index is 2.63. The quantitative estimate of drug-likeness (QED) is 0.627. The van der Waals surface area contributed by atoms with Gasteiger partial charge in [-0.3, -0.25) is 10.1 Å². The third-order valence-electron chi connectivity index (χ3n) is 2.11. The third-order valence-corrected chi connectivity index (χ3v) is 2.39. The number of methoxy groups -OCH3 is 1. The van der Waals surface area contributed by atoms with E-state index in [9.17, 15) is 10.1 Å². The lowest BCUT2D eigenvalue weighted by Gasteiger charge is -2.12. The van der Waals surface area contributed by atoms with Crippen LogP contribution in [0.15, 0.2) is 12.3 Å². The number of anilines is 1. The Morgan fingerprint density at radius 2 is 2.41 bits per heavy atom. The Morgan fingerprint density at radius 3 is 2.94 bits per heavy atom. The Hall–Kier alpha value is -1.40. The zero-order valence-corrected chi connectivity index (χ0v) is 10.4. The van der Waals surface area contributed by atoms with Crippen molar-refractivity contribution in [2.75, 3.05) is 25.6 Å². The van der Waals surface area contributed by atoms with Crippen molar-refractivity contribution in [3.8, 4) is 0 Å². The zero-order valence-electron chi connectivity index (χ0n) is 9.64. The number of ether oxygens (including phenoxy) is 1. The van der Waals surface area contributed by atoms with E-state index in [2.05, 4.69) is 10.3 Å². The van der Waals surface area contributed by atoms with Gasteiger partial charge in [0, 0.05) is 19.7 Å². The monoisotopic (exact) mass is 259 g/mol. The Morgan fingerprint density at radius 1 is 1.71 bits per heavy atom. The summed E-state index contributed by atoms with van der Waals surface area (Å²) in [5.41, 5.74) is -0.120. The molecule has 0 radical (unpaired) electrons. The van der Waals surface area contributed by atoms with Crippen molar-refractivity contribution in [1.82, 2.24) is 4.98 Å². The molecule has 0 saturated heterocycles. The second-order valence-corrected chi connectivity index (χ2v) is 4.13. The summed E-state index contributed by atoms with van der Waals surface area (Å²) in [6.45, 7) is 3.27. The minimum atomic E-state index is -0.532. The summed E-state index contributed by atoms with van der Waals surface area (Å²) in [6.07, 6.45) is 1.18. The molecule has 1 aromatic rings. The van der Waals surface area contributed by atoms with Gasteiger partial charge in [-0.2, -0.15) is 0 Å². The molecular weight excluding hydrogens is 246 g/mol. The van der Waals surface area contributed by atoms with Gasteiger partial charge >= 0.3 is 0 Å². The topological polar surface area (TPSA) is 77.3 Å². The van der Waals surface area contributed by atoms with Crippen LogP contribution in [0.1, 0.15) is 6.92 Å². The lowest BCUT2D eigenvalue weighted by atomic mass is 10.2. The molecule has 0 spiro atoms. The summed E-state index contributed by atoms with van der Waals surface area (Å²) in [4.78, 5) is 13.9. The van der Waals surface area contributed by atoms with Gasteiger partial charge < -0.3 is 10.1 Å². The van der Waals surface area contributed by atoms with Gasteiger partial charge in [0.1, 0.15) is 12.0 Å². The van der Waals surface area contributed by atoms with E-state index in [1.807, 2.05) is 6.92 Å². The molecule has 1 rings (SSSR count). The lowest BCUT2D eigenvalue weighted by molar-refractivity contribution is -0.385.